The fourth-order valence-corrected chi connectivity index (χ4v) is 4.16. The number of anilines is 1. The van der Waals surface area contributed by atoms with Crippen molar-refractivity contribution in [1.29, 1.82) is 0 Å². The average molecular weight is 490 g/mol. The fraction of sp³-hybridized carbons (Fsp3) is 0.440. The van der Waals surface area contributed by atoms with Crippen LogP contribution < -0.4 is 14.4 Å². The van der Waals surface area contributed by atoms with Crippen LogP contribution in [-0.2, 0) is 26.2 Å². The number of benzene rings is 2. The molecule has 0 aliphatic carbocycles. The lowest BCUT2D eigenvalue weighted by molar-refractivity contribution is -0.140. The second-order valence-corrected chi connectivity index (χ2v) is 11.3. The van der Waals surface area contributed by atoms with E-state index in [9.17, 15) is 18.0 Å². The number of hydrogen-bond acceptors (Lipinski definition) is 5. The maximum atomic E-state index is 13.5. The summed E-state index contributed by atoms with van der Waals surface area (Å²) in [5, 5.41) is 2.90. The van der Waals surface area contributed by atoms with Crippen LogP contribution in [0.5, 0.6) is 5.75 Å². The third kappa shape index (κ3) is 7.76. The SMILES string of the molecule is COc1ccc(N(CC(=O)N(Cc2ccc(C)cc2)C(C)C(=O)NC(C)(C)C)S(C)(=O)=O)cc1. The zero-order valence-corrected chi connectivity index (χ0v) is 21.8. The van der Waals surface area contributed by atoms with Crippen molar-refractivity contribution in [2.24, 2.45) is 0 Å². The van der Waals surface area contributed by atoms with Gasteiger partial charge < -0.3 is 15.0 Å². The molecule has 0 bridgehead atoms. The molecule has 2 aromatic rings. The summed E-state index contributed by atoms with van der Waals surface area (Å²) >= 11 is 0. The number of amides is 2. The van der Waals surface area contributed by atoms with Crippen molar-refractivity contribution in [1.82, 2.24) is 10.2 Å². The van der Waals surface area contributed by atoms with Crippen molar-refractivity contribution in [2.45, 2.75) is 52.7 Å². The van der Waals surface area contributed by atoms with E-state index >= 15 is 0 Å². The lowest BCUT2D eigenvalue weighted by Gasteiger charge is -2.33. The highest BCUT2D eigenvalue weighted by atomic mass is 32.2. The number of hydrogen-bond donors (Lipinski definition) is 1. The van der Waals surface area contributed by atoms with Gasteiger partial charge in [0.25, 0.3) is 0 Å². The Morgan fingerprint density at radius 1 is 1.03 bits per heavy atom. The Labute approximate surface area is 202 Å². The molecule has 34 heavy (non-hydrogen) atoms. The minimum Gasteiger partial charge on any atom is -0.497 e. The molecule has 0 spiro atoms. The monoisotopic (exact) mass is 489 g/mol. The molecule has 8 nitrogen and oxygen atoms in total. The van der Waals surface area contributed by atoms with Crippen LogP contribution in [0.1, 0.15) is 38.8 Å². The summed E-state index contributed by atoms with van der Waals surface area (Å²) in [5.41, 5.74) is 1.76. The van der Waals surface area contributed by atoms with Crippen molar-refractivity contribution in [3.05, 3.63) is 59.7 Å². The topological polar surface area (TPSA) is 96.0 Å². The molecular formula is C25H35N3O5S. The molecule has 2 aromatic carbocycles. The first-order chi connectivity index (χ1) is 15.7. The molecule has 0 heterocycles. The summed E-state index contributed by atoms with van der Waals surface area (Å²) in [4.78, 5) is 27.8. The van der Waals surface area contributed by atoms with Crippen LogP contribution in [0.3, 0.4) is 0 Å². The summed E-state index contributed by atoms with van der Waals surface area (Å²) < 4.78 is 31.3. The molecular weight excluding hydrogens is 454 g/mol. The maximum absolute atomic E-state index is 13.5. The molecule has 9 heteroatoms. The van der Waals surface area contributed by atoms with Gasteiger partial charge in [0, 0.05) is 12.1 Å². The van der Waals surface area contributed by atoms with Gasteiger partial charge in [-0.2, -0.15) is 0 Å². The first kappa shape index (κ1) is 27.2. The Hall–Kier alpha value is -3.07. The molecule has 0 saturated carbocycles. The van der Waals surface area contributed by atoms with E-state index in [-0.39, 0.29) is 12.5 Å². The van der Waals surface area contributed by atoms with Gasteiger partial charge in [0.05, 0.1) is 19.1 Å². The van der Waals surface area contributed by atoms with Gasteiger partial charge in [-0.05, 0) is 64.4 Å². The van der Waals surface area contributed by atoms with Crippen LogP contribution in [0.25, 0.3) is 0 Å². The van der Waals surface area contributed by atoms with E-state index in [0.717, 1.165) is 21.7 Å². The van der Waals surface area contributed by atoms with Gasteiger partial charge in [-0.15, -0.1) is 0 Å². The van der Waals surface area contributed by atoms with E-state index < -0.39 is 34.1 Å². The summed E-state index contributed by atoms with van der Waals surface area (Å²) in [7, 11) is -2.26. The van der Waals surface area contributed by atoms with E-state index in [1.54, 1.807) is 31.2 Å². The van der Waals surface area contributed by atoms with Crippen LogP contribution >= 0.6 is 0 Å². The van der Waals surface area contributed by atoms with Crippen molar-refractivity contribution >= 4 is 27.5 Å². The number of nitrogens with zero attached hydrogens (tertiary/aromatic N) is 2. The van der Waals surface area contributed by atoms with E-state index in [2.05, 4.69) is 5.32 Å². The first-order valence-corrected chi connectivity index (χ1v) is 12.8. The van der Waals surface area contributed by atoms with Gasteiger partial charge in [0.15, 0.2) is 0 Å². The Kier molecular flexibility index (Phi) is 8.72. The van der Waals surface area contributed by atoms with Crippen LogP contribution in [0.2, 0.25) is 0 Å². The molecule has 0 fully saturated rings. The van der Waals surface area contributed by atoms with Crippen LogP contribution in [-0.4, -0.2) is 56.6 Å². The Morgan fingerprint density at radius 3 is 2.06 bits per heavy atom. The standard InChI is InChI=1S/C25H35N3O5S/c1-18-8-10-20(11-9-18)16-27(19(2)24(30)26-25(3,4)5)23(29)17-28(34(7,31)32)21-12-14-22(33-6)15-13-21/h8-15,19H,16-17H2,1-7H3,(H,26,30). The largest absolute Gasteiger partial charge is 0.497 e. The normalized spacial score (nSPS) is 12.6. The van der Waals surface area contributed by atoms with E-state index in [4.69, 9.17) is 4.74 Å². The number of aryl methyl sites for hydroxylation is 1. The minimum atomic E-state index is -3.77. The van der Waals surface area contributed by atoms with Gasteiger partial charge in [-0.25, -0.2) is 8.42 Å². The van der Waals surface area contributed by atoms with E-state index in [1.165, 1.54) is 12.0 Å². The number of sulfonamides is 1. The molecule has 1 atom stereocenters. The number of carbonyl (C=O) groups excluding carboxylic acids is 2. The minimum absolute atomic E-state index is 0.165. The zero-order valence-electron chi connectivity index (χ0n) is 21.0. The highest BCUT2D eigenvalue weighted by Gasteiger charge is 2.31. The molecule has 1 unspecified atom stereocenters. The number of nitrogens with one attached hydrogen (secondary N) is 1. The Morgan fingerprint density at radius 2 is 1.59 bits per heavy atom. The Balaban J connectivity index is 2.38. The molecule has 0 aliphatic rings. The number of carbonyl (C=O) groups is 2. The number of rotatable bonds is 9. The van der Waals surface area contributed by atoms with Crippen molar-refractivity contribution in [2.75, 3.05) is 24.2 Å². The van der Waals surface area contributed by atoms with Gasteiger partial charge in [0.2, 0.25) is 21.8 Å². The van der Waals surface area contributed by atoms with Crippen molar-refractivity contribution < 1.29 is 22.7 Å². The number of ether oxygens (including phenoxy) is 1. The zero-order chi connectivity index (χ0) is 25.7. The smallest absolute Gasteiger partial charge is 0.244 e. The lowest BCUT2D eigenvalue weighted by Crippen LogP contribution is -2.54. The molecule has 2 amide bonds. The molecule has 0 saturated heterocycles. The molecule has 0 aliphatic heterocycles. The lowest BCUT2D eigenvalue weighted by atomic mass is 10.1. The highest BCUT2D eigenvalue weighted by Crippen LogP contribution is 2.22. The summed E-state index contributed by atoms with van der Waals surface area (Å²) in [6, 6.07) is 13.2. The molecule has 0 aromatic heterocycles. The Bertz CT molecular complexity index is 1090. The first-order valence-electron chi connectivity index (χ1n) is 11.0. The van der Waals surface area contributed by atoms with Crippen LogP contribution in [0.4, 0.5) is 5.69 Å². The third-order valence-electron chi connectivity index (χ3n) is 5.18. The van der Waals surface area contributed by atoms with Gasteiger partial charge in [0.1, 0.15) is 18.3 Å². The fourth-order valence-electron chi connectivity index (χ4n) is 3.31. The van der Waals surface area contributed by atoms with Crippen molar-refractivity contribution in [3.8, 4) is 5.75 Å². The van der Waals surface area contributed by atoms with Gasteiger partial charge in [-0.1, -0.05) is 29.8 Å². The van der Waals surface area contributed by atoms with E-state index in [1.807, 2.05) is 52.0 Å². The van der Waals surface area contributed by atoms with Crippen LogP contribution in [0, 0.1) is 6.92 Å². The number of methoxy groups -OCH3 is 1. The summed E-state index contributed by atoms with van der Waals surface area (Å²) in [6.07, 6.45) is 1.05. The highest BCUT2D eigenvalue weighted by molar-refractivity contribution is 7.92. The third-order valence-corrected chi connectivity index (χ3v) is 6.32. The molecule has 1 N–H and O–H groups in total. The molecule has 2 rings (SSSR count). The van der Waals surface area contributed by atoms with Gasteiger partial charge >= 0.3 is 0 Å². The maximum Gasteiger partial charge on any atom is 0.244 e. The second kappa shape index (κ2) is 10.9. The second-order valence-electron chi connectivity index (χ2n) is 9.39. The quantitative estimate of drug-likeness (QED) is 0.584. The van der Waals surface area contributed by atoms with Crippen molar-refractivity contribution in [3.63, 3.8) is 0 Å². The van der Waals surface area contributed by atoms with Crippen LogP contribution in [0.15, 0.2) is 48.5 Å². The summed E-state index contributed by atoms with van der Waals surface area (Å²) in [6.45, 7) is 8.91. The van der Waals surface area contributed by atoms with Gasteiger partial charge in [-0.3, -0.25) is 13.9 Å². The molecule has 186 valence electrons. The predicted octanol–water partition coefficient (Wildman–Crippen LogP) is 3.10. The molecule has 0 radical (unpaired) electrons. The predicted molar refractivity (Wildman–Crippen MR) is 134 cm³/mol. The van der Waals surface area contributed by atoms with E-state index in [0.29, 0.717) is 11.4 Å². The summed E-state index contributed by atoms with van der Waals surface area (Å²) in [5.74, 6) is -0.237. The average Bonchev–Trinajstić information content (AvgIpc) is 2.74.